The summed E-state index contributed by atoms with van der Waals surface area (Å²) in [6, 6.07) is 2.87. The molecule has 116 valence electrons. The van der Waals surface area contributed by atoms with E-state index in [1.54, 1.807) is 6.92 Å². The van der Waals surface area contributed by atoms with Gasteiger partial charge in [-0.25, -0.2) is 8.42 Å². The van der Waals surface area contributed by atoms with Gasteiger partial charge >= 0.3 is 0 Å². The Labute approximate surface area is 129 Å². The monoisotopic (exact) mass is 331 g/mol. The van der Waals surface area contributed by atoms with Gasteiger partial charge in [-0.15, -0.1) is 0 Å². The molecule has 1 aromatic rings. The van der Waals surface area contributed by atoms with Gasteiger partial charge in [0.25, 0.3) is 0 Å². The molecule has 0 aromatic heterocycles. The van der Waals surface area contributed by atoms with Gasteiger partial charge in [0.1, 0.15) is 0 Å². The Hall–Kier alpha value is -1.31. The summed E-state index contributed by atoms with van der Waals surface area (Å²) in [6.45, 7) is 2.26. The van der Waals surface area contributed by atoms with Gasteiger partial charge in [-0.05, 0) is 37.5 Å². The van der Waals surface area contributed by atoms with Gasteiger partial charge in [0.15, 0.2) is 0 Å². The van der Waals surface area contributed by atoms with E-state index in [9.17, 15) is 13.2 Å². The predicted octanol–water partition coefficient (Wildman–Crippen LogP) is 1.12. The number of nitrogens with two attached hydrogens (primary N) is 2. The topological polar surface area (TPSA) is 106 Å². The molecule has 0 bridgehead atoms. The number of nitrogens with zero attached hydrogens (tertiary/aromatic N) is 1. The van der Waals surface area contributed by atoms with Gasteiger partial charge in [0.2, 0.25) is 15.9 Å². The second kappa shape index (κ2) is 5.82. The third-order valence-corrected chi connectivity index (χ3v) is 6.14. The van der Waals surface area contributed by atoms with Gasteiger partial charge in [0, 0.05) is 19.0 Å². The first kappa shape index (κ1) is 16.1. The molecule has 0 spiro atoms. The SMILES string of the molecule is Cc1cc(S(=O)(=O)N2CCC(C(N)=O)CC2)cc(N)c1Cl. The van der Waals surface area contributed by atoms with E-state index in [0.717, 1.165) is 0 Å². The number of halogens is 1. The second-order valence-corrected chi connectivity index (χ2v) is 7.54. The molecule has 4 N–H and O–H groups in total. The summed E-state index contributed by atoms with van der Waals surface area (Å²) >= 11 is 5.95. The minimum absolute atomic E-state index is 0.124. The van der Waals surface area contributed by atoms with E-state index in [1.807, 2.05) is 0 Å². The van der Waals surface area contributed by atoms with E-state index in [4.69, 9.17) is 23.1 Å². The summed E-state index contributed by atoms with van der Waals surface area (Å²) in [4.78, 5) is 11.3. The lowest BCUT2D eigenvalue weighted by Gasteiger charge is -2.29. The number of carbonyl (C=O) groups is 1. The maximum Gasteiger partial charge on any atom is 0.243 e. The van der Waals surface area contributed by atoms with E-state index in [-0.39, 0.29) is 35.5 Å². The number of carbonyl (C=O) groups excluding carboxylic acids is 1. The number of anilines is 1. The van der Waals surface area contributed by atoms with Crippen molar-refractivity contribution in [3.8, 4) is 0 Å². The molecule has 1 saturated heterocycles. The molecule has 0 aliphatic carbocycles. The quantitative estimate of drug-likeness (QED) is 0.809. The number of benzene rings is 1. The summed E-state index contributed by atoms with van der Waals surface area (Å²) in [5.41, 5.74) is 11.8. The molecular weight excluding hydrogens is 314 g/mol. The molecule has 1 heterocycles. The van der Waals surface area contributed by atoms with Crippen LogP contribution in [0.1, 0.15) is 18.4 Å². The molecule has 0 atom stereocenters. The van der Waals surface area contributed by atoms with Crippen LogP contribution < -0.4 is 11.5 Å². The lowest BCUT2D eigenvalue weighted by atomic mass is 9.98. The lowest BCUT2D eigenvalue weighted by molar-refractivity contribution is -0.122. The summed E-state index contributed by atoms with van der Waals surface area (Å²) in [5, 5.41) is 0.362. The Morgan fingerprint density at radius 3 is 2.38 bits per heavy atom. The highest BCUT2D eigenvalue weighted by Crippen LogP contribution is 2.30. The number of primary amides is 1. The standard InChI is InChI=1S/C13H18ClN3O3S/c1-8-6-10(7-11(15)12(8)14)21(19,20)17-4-2-9(3-5-17)13(16)18/h6-7,9H,2-5,15H2,1H3,(H2,16,18). The van der Waals surface area contributed by atoms with Gasteiger partial charge < -0.3 is 11.5 Å². The fourth-order valence-electron chi connectivity index (χ4n) is 2.44. The maximum absolute atomic E-state index is 12.6. The molecule has 0 radical (unpaired) electrons. The number of hydrogen-bond acceptors (Lipinski definition) is 4. The first-order valence-corrected chi connectivity index (χ1v) is 8.40. The fourth-order valence-corrected chi connectivity index (χ4v) is 4.14. The number of nitrogen functional groups attached to an aromatic ring is 1. The van der Waals surface area contributed by atoms with Gasteiger partial charge in [-0.2, -0.15) is 4.31 Å². The average Bonchev–Trinajstić information content (AvgIpc) is 2.44. The van der Waals surface area contributed by atoms with E-state index in [2.05, 4.69) is 0 Å². The predicted molar refractivity (Wildman–Crippen MR) is 81.3 cm³/mol. The van der Waals surface area contributed by atoms with Crippen LogP contribution in [0, 0.1) is 12.8 Å². The molecule has 2 rings (SSSR count). The Morgan fingerprint density at radius 2 is 1.90 bits per heavy atom. The van der Waals surface area contributed by atoms with Crippen molar-refractivity contribution in [1.82, 2.24) is 4.31 Å². The molecule has 1 amide bonds. The number of piperidine rings is 1. The van der Waals surface area contributed by atoms with Crippen molar-refractivity contribution in [2.45, 2.75) is 24.7 Å². The Kier molecular flexibility index (Phi) is 4.46. The smallest absolute Gasteiger partial charge is 0.243 e. The first-order chi connectivity index (χ1) is 9.73. The Balaban J connectivity index is 2.26. The molecule has 8 heteroatoms. The van der Waals surface area contributed by atoms with Gasteiger partial charge in [0.05, 0.1) is 15.6 Å². The summed E-state index contributed by atoms with van der Waals surface area (Å²) < 4.78 is 26.5. The van der Waals surface area contributed by atoms with Crippen molar-refractivity contribution >= 4 is 33.2 Å². The molecule has 1 aliphatic rings. The number of amides is 1. The molecule has 1 aromatic carbocycles. The number of aryl methyl sites for hydroxylation is 1. The van der Waals surface area contributed by atoms with E-state index in [1.165, 1.54) is 16.4 Å². The van der Waals surface area contributed by atoms with Crippen molar-refractivity contribution in [2.75, 3.05) is 18.8 Å². The van der Waals surface area contributed by atoms with Gasteiger partial charge in [-0.3, -0.25) is 4.79 Å². The zero-order valence-corrected chi connectivity index (χ0v) is 13.2. The second-order valence-electron chi connectivity index (χ2n) is 5.22. The third-order valence-electron chi connectivity index (χ3n) is 3.75. The third kappa shape index (κ3) is 3.14. The summed E-state index contributed by atoms with van der Waals surface area (Å²) in [7, 11) is -3.63. The highest BCUT2D eigenvalue weighted by atomic mass is 35.5. The minimum atomic E-state index is -3.63. The fraction of sp³-hybridized carbons (Fsp3) is 0.462. The van der Waals surface area contributed by atoms with Crippen LogP contribution in [0.15, 0.2) is 17.0 Å². The molecule has 1 aliphatic heterocycles. The van der Waals surface area contributed by atoms with Crippen LogP contribution >= 0.6 is 11.6 Å². The van der Waals surface area contributed by atoms with Gasteiger partial charge in [-0.1, -0.05) is 11.6 Å². The van der Waals surface area contributed by atoms with Crippen LogP contribution in [-0.2, 0) is 14.8 Å². The summed E-state index contributed by atoms with van der Waals surface area (Å²) in [5.74, 6) is -0.632. The van der Waals surface area contributed by atoms with Crippen LogP contribution in [0.5, 0.6) is 0 Å². The van der Waals surface area contributed by atoms with Crippen LogP contribution in [0.3, 0.4) is 0 Å². The van der Waals surface area contributed by atoms with Crippen LogP contribution in [0.4, 0.5) is 5.69 Å². The molecule has 6 nitrogen and oxygen atoms in total. The molecule has 0 saturated carbocycles. The number of sulfonamides is 1. The zero-order valence-electron chi connectivity index (χ0n) is 11.7. The van der Waals surface area contributed by atoms with Crippen molar-refractivity contribution in [3.05, 3.63) is 22.7 Å². The molecular formula is C13H18ClN3O3S. The lowest BCUT2D eigenvalue weighted by Crippen LogP contribution is -2.41. The molecule has 21 heavy (non-hydrogen) atoms. The van der Waals surface area contributed by atoms with E-state index in [0.29, 0.717) is 23.4 Å². The van der Waals surface area contributed by atoms with Crippen molar-refractivity contribution in [1.29, 1.82) is 0 Å². The highest BCUT2D eigenvalue weighted by molar-refractivity contribution is 7.89. The van der Waals surface area contributed by atoms with Crippen molar-refractivity contribution in [2.24, 2.45) is 11.7 Å². The first-order valence-electron chi connectivity index (χ1n) is 6.58. The van der Waals surface area contributed by atoms with Crippen molar-refractivity contribution < 1.29 is 13.2 Å². The van der Waals surface area contributed by atoms with Crippen molar-refractivity contribution in [3.63, 3.8) is 0 Å². The minimum Gasteiger partial charge on any atom is -0.397 e. The Bertz CT molecular complexity index is 644. The zero-order chi connectivity index (χ0) is 15.8. The maximum atomic E-state index is 12.6. The van der Waals surface area contributed by atoms with Crippen LogP contribution in [0.2, 0.25) is 5.02 Å². The van der Waals surface area contributed by atoms with Crippen LogP contribution in [0.25, 0.3) is 0 Å². The Morgan fingerprint density at radius 1 is 1.33 bits per heavy atom. The molecule has 0 unspecified atom stereocenters. The molecule has 1 fully saturated rings. The average molecular weight is 332 g/mol. The number of hydrogen-bond donors (Lipinski definition) is 2. The summed E-state index contributed by atoms with van der Waals surface area (Å²) in [6.07, 6.45) is 0.882. The highest BCUT2D eigenvalue weighted by Gasteiger charge is 2.31. The van der Waals surface area contributed by atoms with Crippen LogP contribution in [-0.4, -0.2) is 31.7 Å². The largest absolute Gasteiger partial charge is 0.397 e. The van der Waals surface area contributed by atoms with E-state index < -0.39 is 10.0 Å². The van der Waals surface area contributed by atoms with E-state index >= 15 is 0 Å². The number of rotatable bonds is 3. The normalized spacial score (nSPS) is 17.8.